The van der Waals surface area contributed by atoms with E-state index in [1.165, 1.54) is 0 Å². The van der Waals surface area contributed by atoms with Crippen LogP contribution in [0.3, 0.4) is 0 Å². The monoisotopic (exact) mass is 292 g/mol. The summed E-state index contributed by atoms with van der Waals surface area (Å²) in [6.45, 7) is 4.75. The Morgan fingerprint density at radius 3 is 2.71 bits per heavy atom. The maximum absolute atomic E-state index is 12.3. The van der Waals surface area contributed by atoms with Gasteiger partial charge in [0.2, 0.25) is 0 Å². The van der Waals surface area contributed by atoms with E-state index in [4.69, 9.17) is 9.84 Å². The number of fused-ring (bicyclic) bond motifs is 1. The zero-order valence-electron chi connectivity index (χ0n) is 12.2. The second-order valence-electron chi connectivity index (χ2n) is 5.39. The Morgan fingerprint density at radius 2 is 2.05 bits per heavy atom. The molecule has 2 N–H and O–H groups in total. The van der Waals surface area contributed by atoms with Gasteiger partial charge in [-0.05, 0) is 12.0 Å². The Labute approximate surface area is 123 Å². The number of carbonyl (C=O) groups excluding carboxylic acids is 1. The van der Waals surface area contributed by atoms with Gasteiger partial charge in [0.15, 0.2) is 0 Å². The number of carbonyl (C=O) groups is 2. The van der Waals surface area contributed by atoms with Gasteiger partial charge in [0.1, 0.15) is 18.4 Å². The normalized spacial score (nSPS) is 15.7. The quantitative estimate of drug-likeness (QED) is 0.888. The molecule has 0 aromatic heterocycles. The highest BCUT2D eigenvalue weighted by molar-refractivity contribution is 5.82. The minimum absolute atomic E-state index is 0.179. The SMILES string of the molecule is CC(C)[C@@H](NC(=O)N1CCOc2ccccc2C1)C(=O)O. The molecule has 1 aliphatic heterocycles. The average Bonchev–Trinajstić information content (AvgIpc) is 2.65. The molecule has 1 atom stereocenters. The summed E-state index contributed by atoms with van der Waals surface area (Å²) < 4.78 is 5.59. The minimum atomic E-state index is -1.02. The van der Waals surface area contributed by atoms with Crippen LogP contribution in [-0.2, 0) is 11.3 Å². The van der Waals surface area contributed by atoms with Gasteiger partial charge < -0.3 is 20.1 Å². The van der Waals surface area contributed by atoms with Crippen molar-refractivity contribution in [2.24, 2.45) is 5.92 Å². The smallest absolute Gasteiger partial charge is 0.326 e. The van der Waals surface area contributed by atoms with Crippen molar-refractivity contribution < 1.29 is 19.4 Å². The molecule has 1 aromatic rings. The first-order valence-corrected chi connectivity index (χ1v) is 6.98. The van der Waals surface area contributed by atoms with E-state index in [0.717, 1.165) is 11.3 Å². The largest absolute Gasteiger partial charge is 0.491 e. The van der Waals surface area contributed by atoms with E-state index in [9.17, 15) is 9.59 Å². The Morgan fingerprint density at radius 1 is 1.33 bits per heavy atom. The molecule has 6 nitrogen and oxygen atoms in total. The van der Waals surface area contributed by atoms with Gasteiger partial charge in [0.05, 0.1) is 13.1 Å². The lowest BCUT2D eigenvalue weighted by atomic mass is 10.1. The molecule has 2 amide bonds. The number of hydrogen-bond acceptors (Lipinski definition) is 3. The number of amides is 2. The van der Waals surface area contributed by atoms with E-state index in [1.54, 1.807) is 18.7 Å². The molecule has 0 aliphatic carbocycles. The van der Waals surface area contributed by atoms with Crippen LogP contribution in [0.1, 0.15) is 19.4 Å². The summed E-state index contributed by atoms with van der Waals surface area (Å²) in [5.74, 6) is -0.432. The Hall–Kier alpha value is -2.24. The molecule has 1 aromatic carbocycles. The highest BCUT2D eigenvalue weighted by atomic mass is 16.5. The number of carboxylic acid groups (broad SMARTS) is 1. The second-order valence-corrected chi connectivity index (χ2v) is 5.39. The van der Waals surface area contributed by atoms with Crippen molar-refractivity contribution in [3.63, 3.8) is 0 Å². The van der Waals surface area contributed by atoms with E-state index in [2.05, 4.69) is 5.32 Å². The van der Waals surface area contributed by atoms with Gasteiger partial charge in [0, 0.05) is 5.56 Å². The number of hydrogen-bond donors (Lipinski definition) is 2. The van der Waals surface area contributed by atoms with Crippen LogP contribution < -0.4 is 10.1 Å². The molecule has 0 unspecified atom stereocenters. The molecule has 1 heterocycles. The predicted octanol–water partition coefficient (Wildman–Crippen LogP) is 1.70. The third-order valence-corrected chi connectivity index (χ3v) is 3.45. The number of benzene rings is 1. The van der Waals surface area contributed by atoms with Crippen molar-refractivity contribution in [3.05, 3.63) is 29.8 Å². The lowest BCUT2D eigenvalue weighted by molar-refractivity contribution is -0.140. The Bertz CT molecular complexity index is 530. The fourth-order valence-corrected chi connectivity index (χ4v) is 2.24. The summed E-state index contributed by atoms with van der Waals surface area (Å²) in [4.78, 5) is 25.0. The fourth-order valence-electron chi connectivity index (χ4n) is 2.24. The van der Waals surface area contributed by atoms with Gasteiger partial charge in [-0.15, -0.1) is 0 Å². The molecule has 1 aliphatic rings. The number of ether oxygens (including phenoxy) is 1. The number of nitrogens with zero attached hydrogens (tertiary/aromatic N) is 1. The van der Waals surface area contributed by atoms with E-state index >= 15 is 0 Å². The van der Waals surface area contributed by atoms with Crippen LogP contribution in [0.4, 0.5) is 4.79 Å². The maximum Gasteiger partial charge on any atom is 0.326 e. The molecular weight excluding hydrogens is 272 g/mol. The lowest BCUT2D eigenvalue weighted by Gasteiger charge is -2.24. The first kappa shape index (κ1) is 15.2. The third-order valence-electron chi connectivity index (χ3n) is 3.45. The molecule has 6 heteroatoms. The first-order valence-electron chi connectivity index (χ1n) is 6.98. The molecule has 0 fully saturated rings. The molecule has 0 saturated heterocycles. The Kier molecular flexibility index (Phi) is 4.67. The second kappa shape index (κ2) is 6.47. The van der Waals surface area contributed by atoms with Crippen LogP contribution in [-0.4, -0.2) is 41.2 Å². The van der Waals surface area contributed by atoms with E-state index < -0.39 is 12.0 Å². The van der Waals surface area contributed by atoms with Crippen molar-refractivity contribution >= 4 is 12.0 Å². The highest BCUT2D eigenvalue weighted by Crippen LogP contribution is 2.22. The molecule has 0 saturated carbocycles. The van der Waals surface area contributed by atoms with Crippen LogP contribution in [0.25, 0.3) is 0 Å². The van der Waals surface area contributed by atoms with Gasteiger partial charge in [0.25, 0.3) is 0 Å². The van der Waals surface area contributed by atoms with Crippen LogP contribution in [0, 0.1) is 5.92 Å². The summed E-state index contributed by atoms with van der Waals surface area (Å²) in [5, 5.41) is 11.7. The molecule has 2 rings (SSSR count). The molecule has 0 radical (unpaired) electrons. The zero-order chi connectivity index (χ0) is 15.4. The summed E-state index contributed by atoms with van der Waals surface area (Å²) >= 11 is 0. The molecule has 21 heavy (non-hydrogen) atoms. The number of urea groups is 1. The lowest BCUT2D eigenvalue weighted by Crippen LogP contribution is -2.50. The Balaban J connectivity index is 2.08. The van der Waals surface area contributed by atoms with Gasteiger partial charge in [-0.25, -0.2) is 9.59 Å². The standard InChI is InChI=1S/C15H20N2O4/c1-10(2)13(14(18)19)16-15(20)17-7-8-21-12-6-4-3-5-11(12)9-17/h3-6,10,13H,7-9H2,1-2H3,(H,16,20)(H,18,19)/t13-/m1/s1. The number of aliphatic carboxylic acids is 1. The molecule has 114 valence electrons. The summed E-state index contributed by atoms with van der Waals surface area (Å²) in [6.07, 6.45) is 0. The topological polar surface area (TPSA) is 78.9 Å². The van der Waals surface area contributed by atoms with Gasteiger partial charge in [-0.3, -0.25) is 0 Å². The van der Waals surface area contributed by atoms with Gasteiger partial charge in [-0.2, -0.15) is 0 Å². The minimum Gasteiger partial charge on any atom is -0.491 e. The van der Waals surface area contributed by atoms with Crippen LogP contribution >= 0.6 is 0 Å². The van der Waals surface area contributed by atoms with Crippen molar-refractivity contribution in [2.75, 3.05) is 13.2 Å². The molecular formula is C15H20N2O4. The zero-order valence-corrected chi connectivity index (χ0v) is 12.2. The fraction of sp³-hybridized carbons (Fsp3) is 0.467. The van der Waals surface area contributed by atoms with Crippen molar-refractivity contribution in [2.45, 2.75) is 26.4 Å². The summed E-state index contributed by atoms with van der Waals surface area (Å²) in [7, 11) is 0. The number of para-hydroxylation sites is 1. The van der Waals surface area contributed by atoms with Crippen LogP contribution in [0.5, 0.6) is 5.75 Å². The van der Waals surface area contributed by atoms with Gasteiger partial charge in [-0.1, -0.05) is 32.0 Å². The van der Waals surface area contributed by atoms with Crippen LogP contribution in [0.2, 0.25) is 0 Å². The summed E-state index contributed by atoms with van der Waals surface area (Å²) in [6, 6.07) is 6.27. The first-order chi connectivity index (χ1) is 9.99. The molecule has 0 bridgehead atoms. The number of nitrogens with one attached hydrogen (secondary N) is 1. The molecule has 0 spiro atoms. The van der Waals surface area contributed by atoms with E-state index in [1.807, 2.05) is 24.3 Å². The van der Waals surface area contributed by atoms with Crippen molar-refractivity contribution in [1.82, 2.24) is 10.2 Å². The van der Waals surface area contributed by atoms with Gasteiger partial charge >= 0.3 is 12.0 Å². The van der Waals surface area contributed by atoms with Crippen molar-refractivity contribution in [1.29, 1.82) is 0 Å². The van der Waals surface area contributed by atoms with Crippen molar-refractivity contribution in [3.8, 4) is 5.75 Å². The average molecular weight is 292 g/mol. The van der Waals surface area contributed by atoms with E-state index in [0.29, 0.717) is 19.7 Å². The third kappa shape index (κ3) is 3.65. The number of carboxylic acids is 1. The summed E-state index contributed by atoms with van der Waals surface area (Å²) in [5.41, 5.74) is 0.918. The number of rotatable bonds is 3. The predicted molar refractivity (Wildman–Crippen MR) is 77.1 cm³/mol. The van der Waals surface area contributed by atoms with E-state index in [-0.39, 0.29) is 11.9 Å². The maximum atomic E-state index is 12.3. The van der Waals surface area contributed by atoms with Crippen LogP contribution in [0.15, 0.2) is 24.3 Å². The highest BCUT2D eigenvalue weighted by Gasteiger charge is 2.27.